The maximum atomic E-state index is 13.3. The van der Waals surface area contributed by atoms with E-state index in [2.05, 4.69) is 28.9 Å². The van der Waals surface area contributed by atoms with Crippen LogP contribution in [0.5, 0.6) is 0 Å². The third-order valence-electron chi connectivity index (χ3n) is 4.21. The van der Waals surface area contributed by atoms with Gasteiger partial charge in [0, 0.05) is 46.2 Å². The van der Waals surface area contributed by atoms with Crippen LogP contribution < -0.4 is 10.7 Å². The number of Topliss-reactive ketones (excluding diaryl/α,β-unsaturated/α-hetero) is 1. The van der Waals surface area contributed by atoms with Gasteiger partial charge in [-0.2, -0.15) is 0 Å². The normalized spacial score (nSPS) is 16.5. The number of likely N-dealkylation sites (tertiary alicyclic amines) is 1. The highest BCUT2D eigenvalue weighted by Gasteiger charge is 2.23. The lowest BCUT2D eigenvalue weighted by Gasteiger charge is -2.35. The highest BCUT2D eigenvalue weighted by Crippen LogP contribution is 2.19. The van der Waals surface area contributed by atoms with Gasteiger partial charge in [-0.25, -0.2) is 9.38 Å². The molecular formula is C19H32FN7OS. The molecule has 1 atom stereocenters. The van der Waals surface area contributed by atoms with E-state index in [0.717, 1.165) is 17.5 Å². The van der Waals surface area contributed by atoms with Crippen molar-refractivity contribution in [1.82, 2.24) is 25.6 Å². The lowest BCUT2D eigenvalue weighted by atomic mass is 10.1. The number of ketones is 1. The lowest BCUT2D eigenvalue weighted by molar-refractivity contribution is -0.120. The van der Waals surface area contributed by atoms with E-state index >= 15 is 0 Å². The Kier molecular flexibility index (Phi) is 10.3. The molecule has 29 heavy (non-hydrogen) atoms. The van der Waals surface area contributed by atoms with E-state index in [9.17, 15) is 9.18 Å². The summed E-state index contributed by atoms with van der Waals surface area (Å²) in [4.78, 5) is 19.5. The van der Waals surface area contributed by atoms with Crippen LogP contribution in [-0.4, -0.2) is 64.4 Å². The van der Waals surface area contributed by atoms with Gasteiger partial charge in [0.15, 0.2) is 5.17 Å². The van der Waals surface area contributed by atoms with Crippen molar-refractivity contribution in [2.24, 2.45) is 4.99 Å². The molecule has 162 valence electrons. The second-order valence-electron chi connectivity index (χ2n) is 6.36. The highest BCUT2D eigenvalue weighted by atomic mass is 32.2. The molecule has 8 nitrogen and oxygen atoms in total. The fraction of sp³-hybridized carbons (Fsp3) is 0.526. The minimum absolute atomic E-state index is 0.0641. The monoisotopic (exact) mass is 425 g/mol. The summed E-state index contributed by atoms with van der Waals surface area (Å²) in [6.07, 6.45) is 4.55. The molecule has 3 N–H and O–H groups in total. The van der Waals surface area contributed by atoms with Gasteiger partial charge in [-0.15, -0.1) is 0 Å². The first-order valence-electron chi connectivity index (χ1n) is 9.44. The first kappa shape index (κ1) is 24.5. The smallest absolute Gasteiger partial charge is 0.220 e. The summed E-state index contributed by atoms with van der Waals surface area (Å²) in [5, 5.41) is 13.0. The summed E-state index contributed by atoms with van der Waals surface area (Å²) in [7, 11) is 3.51. The van der Waals surface area contributed by atoms with E-state index in [1.54, 1.807) is 17.0 Å². The zero-order chi connectivity index (χ0) is 22.0. The third kappa shape index (κ3) is 7.45. The molecule has 0 amide bonds. The predicted molar refractivity (Wildman–Crippen MR) is 119 cm³/mol. The Labute approximate surface area is 177 Å². The first-order valence-corrected chi connectivity index (χ1v) is 10.3. The number of nitrogens with zero attached hydrogens (tertiary/aromatic N) is 4. The molecule has 0 spiro atoms. The number of nitrogens with one attached hydrogen (secondary N) is 3. The molecule has 0 aromatic carbocycles. The third-order valence-corrected chi connectivity index (χ3v) is 5.03. The molecule has 1 aliphatic heterocycles. The molecule has 0 bridgehead atoms. The molecule has 0 aromatic rings. The standard InChI is InChI=1S/C19H32FN7OS/c1-7-16(17(22-8-2)25(5)18(21)29-14(4)20)24-26(6)19(23-9-3)27-12-10-15(28)11-13-27/h8-9,14,21-22,24H,2-3,7,10-13H2,1,4-6H3/b17-16+,21-18?,23-19?. The minimum atomic E-state index is -1.19. The van der Waals surface area contributed by atoms with Gasteiger partial charge in [0.05, 0.1) is 5.70 Å². The van der Waals surface area contributed by atoms with E-state index < -0.39 is 5.50 Å². The SMILES string of the molecule is C=CN=C(N1CCC(=O)CC1)N(C)N/C(CC)=C(\NC=C)N(C)C(=N)SC(C)F. The number of hydrazine groups is 1. The zero-order valence-corrected chi connectivity index (χ0v) is 18.5. The lowest BCUT2D eigenvalue weighted by Crippen LogP contribution is -2.51. The van der Waals surface area contributed by atoms with Crippen LogP contribution in [0.3, 0.4) is 0 Å². The molecular weight excluding hydrogens is 393 g/mol. The summed E-state index contributed by atoms with van der Waals surface area (Å²) in [5.41, 5.74) is 2.86. The van der Waals surface area contributed by atoms with Crippen LogP contribution >= 0.6 is 11.8 Å². The first-order chi connectivity index (χ1) is 13.7. The van der Waals surface area contributed by atoms with Gasteiger partial charge in [0.1, 0.15) is 17.1 Å². The van der Waals surface area contributed by atoms with Gasteiger partial charge in [0.2, 0.25) is 5.96 Å². The Bertz CT molecular complexity index is 667. The number of guanidine groups is 1. The number of carbonyl (C=O) groups is 1. The summed E-state index contributed by atoms with van der Waals surface area (Å²) < 4.78 is 13.3. The maximum absolute atomic E-state index is 13.3. The Balaban J connectivity index is 3.11. The second-order valence-corrected chi connectivity index (χ2v) is 7.63. The van der Waals surface area contributed by atoms with Crippen molar-refractivity contribution in [2.75, 3.05) is 27.2 Å². The summed E-state index contributed by atoms with van der Waals surface area (Å²) in [6.45, 7) is 11.9. The van der Waals surface area contributed by atoms with E-state index in [0.29, 0.717) is 44.1 Å². The van der Waals surface area contributed by atoms with Crippen LogP contribution in [0, 0.1) is 5.41 Å². The number of carbonyl (C=O) groups excluding carboxylic acids is 1. The fourth-order valence-corrected chi connectivity index (χ4v) is 3.34. The van der Waals surface area contributed by atoms with Crippen molar-refractivity contribution in [3.8, 4) is 0 Å². The Morgan fingerprint density at radius 3 is 2.52 bits per heavy atom. The number of rotatable bonds is 8. The highest BCUT2D eigenvalue weighted by molar-refractivity contribution is 8.14. The van der Waals surface area contributed by atoms with E-state index in [-0.39, 0.29) is 11.0 Å². The number of aliphatic imine (C=N–C) groups is 1. The quantitative estimate of drug-likeness (QED) is 0.313. The van der Waals surface area contributed by atoms with Crippen LogP contribution in [0.25, 0.3) is 0 Å². The molecule has 0 aliphatic carbocycles. The van der Waals surface area contributed by atoms with Crippen molar-refractivity contribution in [1.29, 1.82) is 5.41 Å². The predicted octanol–water partition coefficient (Wildman–Crippen LogP) is 2.81. The molecule has 1 fully saturated rings. The maximum Gasteiger partial charge on any atom is 0.220 e. The van der Waals surface area contributed by atoms with E-state index in [1.165, 1.54) is 19.3 Å². The summed E-state index contributed by atoms with van der Waals surface area (Å²) in [5.74, 6) is 1.47. The number of alkyl halides is 1. The van der Waals surface area contributed by atoms with Crippen LogP contribution in [0.15, 0.2) is 42.1 Å². The molecule has 1 aliphatic rings. The van der Waals surface area contributed by atoms with Gasteiger partial charge >= 0.3 is 0 Å². The summed E-state index contributed by atoms with van der Waals surface area (Å²) >= 11 is 0.816. The molecule has 1 saturated heterocycles. The average molecular weight is 426 g/mol. The van der Waals surface area contributed by atoms with Crippen LogP contribution in [0.2, 0.25) is 0 Å². The number of hydrogen-bond acceptors (Lipinski definition) is 6. The van der Waals surface area contributed by atoms with Crippen LogP contribution in [0.1, 0.15) is 33.1 Å². The van der Waals surface area contributed by atoms with Gasteiger partial charge in [0.25, 0.3) is 0 Å². The second kappa shape index (κ2) is 12.2. The number of piperidine rings is 1. The minimum Gasteiger partial charge on any atom is -0.347 e. The topological polar surface area (TPSA) is 87.1 Å². The molecule has 10 heteroatoms. The van der Waals surface area contributed by atoms with Crippen molar-refractivity contribution in [3.05, 3.63) is 37.1 Å². The molecule has 0 aromatic heterocycles. The van der Waals surface area contributed by atoms with E-state index in [4.69, 9.17) is 5.41 Å². The van der Waals surface area contributed by atoms with Crippen LogP contribution in [-0.2, 0) is 4.79 Å². The number of halogens is 1. The molecule has 1 unspecified atom stereocenters. The van der Waals surface area contributed by atoms with Gasteiger partial charge in [-0.05, 0) is 19.5 Å². The van der Waals surface area contributed by atoms with Gasteiger partial charge < -0.3 is 15.1 Å². The Morgan fingerprint density at radius 1 is 1.41 bits per heavy atom. The Morgan fingerprint density at radius 2 is 2.03 bits per heavy atom. The van der Waals surface area contributed by atoms with Crippen LogP contribution in [0.4, 0.5) is 4.39 Å². The molecule has 1 rings (SSSR count). The average Bonchev–Trinajstić information content (AvgIpc) is 2.68. The molecule has 0 radical (unpaired) electrons. The fourth-order valence-electron chi connectivity index (χ4n) is 2.79. The largest absolute Gasteiger partial charge is 0.347 e. The Hall–Kier alpha value is -2.49. The zero-order valence-electron chi connectivity index (χ0n) is 17.7. The van der Waals surface area contributed by atoms with Crippen molar-refractivity contribution in [2.45, 2.75) is 38.6 Å². The van der Waals surface area contributed by atoms with Gasteiger partial charge in [-0.1, -0.05) is 31.8 Å². The van der Waals surface area contributed by atoms with E-state index in [1.807, 2.05) is 18.9 Å². The number of thioether (sulfide) groups is 1. The van der Waals surface area contributed by atoms with Crippen molar-refractivity contribution >= 4 is 28.7 Å². The van der Waals surface area contributed by atoms with Gasteiger partial charge in [-0.3, -0.25) is 20.6 Å². The van der Waals surface area contributed by atoms with Crippen molar-refractivity contribution in [3.63, 3.8) is 0 Å². The van der Waals surface area contributed by atoms with Crippen molar-refractivity contribution < 1.29 is 9.18 Å². The molecule has 1 heterocycles. The number of allylic oxidation sites excluding steroid dienone is 1. The number of amidine groups is 1. The molecule has 0 saturated carbocycles. The number of hydrogen-bond donors (Lipinski definition) is 3. The summed E-state index contributed by atoms with van der Waals surface area (Å²) in [6, 6.07) is 0.